The molecular formula is C14H16F2N2O2. The van der Waals surface area contributed by atoms with Crippen LogP contribution in [0.5, 0.6) is 0 Å². The minimum Gasteiger partial charge on any atom is -0.481 e. The van der Waals surface area contributed by atoms with Gasteiger partial charge in [0, 0.05) is 12.5 Å². The van der Waals surface area contributed by atoms with Crippen LogP contribution in [0.25, 0.3) is 11.0 Å². The molecule has 0 amide bonds. The van der Waals surface area contributed by atoms with Crippen LogP contribution in [0.1, 0.15) is 32.5 Å². The van der Waals surface area contributed by atoms with E-state index in [2.05, 4.69) is 9.97 Å². The van der Waals surface area contributed by atoms with Crippen molar-refractivity contribution >= 4 is 17.0 Å². The lowest BCUT2D eigenvalue weighted by molar-refractivity contribution is -0.149. The number of nitrogens with zero attached hydrogens (tertiary/aromatic N) is 1. The molecule has 0 aliphatic heterocycles. The van der Waals surface area contributed by atoms with Crippen molar-refractivity contribution in [3.63, 3.8) is 0 Å². The van der Waals surface area contributed by atoms with Gasteiger partial charge < -0.3 is 10.1 Å². The van der Waals surface area contributed by atoms with E-state index in [0.717, 1.165) is 12.1 Å². The maximum atomic E-state index is 13.6. The van der Waals surface area contributed by atoms with Gasteiger partial charge in [-0.2, -0.15) is 0 Å². The SMILES string of the molecule is CCC(CC)(Cc1nc2c(F)cc(F)cc2[nH]1)C(=O)O. The van der Waals surface area contributed by atoms with Gasteiger partial charge in [-0.25, -0.2) is 13.8 Å². The van der Waals surface area contributed by atoms with Crippen molar-refractivity contribution in [3.05, 3.63) is 29.6 Å². The number of rotatable bonds is 5. The number of nitrogens with one attached hydrogen (secondary N) is 1. The Morgan fingerprint density at radius 2 is 2.00 bits per heavy atom. The van der Waals surface area contributed by atoms with Crippen molar-refractivity contribution in [1.82, 2.24) is 9.97 Å². The fourth-order valence-electron chi connectivity index (χ4n) is 2.38. The fraction of sp³-hybridized carbons (Fsp3) is 0.429. The molecule has 6 heteroatoms. The molecule has 4 nitrogen and oxygen atoms in total. The quantitative estimate of drug-likeness (QED) is 0.884. The number of halogens is 2. The predicted molar refractivity (Wildman–Crippen MR) is 70.4 cm³/mol. The Balaban J connectivity index is 2.44. The summed E-state index contributed by atoms with van der Waals surface area (Å²) in [6, 6.07) is 1.91. The van der Waals surface area contributed by atoms with E-state index in [4.69, 9.17) is 0 Å². The van der Waals surface area contributed by atoms with Gasteiger partial charge in [0.1, 0.15) is 17.2 Å². The number of imidazole rings is 1. The molecule has 108 valence electrons. The number of carboxylic acids is 1. The average Bonchev–Trinajstić information content (AvgIpc) is 2.78. The summed E-state index contributed by atoms with van der Waals surface area (Å²) in [5, 5.41) is 9.38. The van der Waals surface area contributed by atoms with Crippen LogP contribution < -0.4 is 0 Å². The summed E-state index contributed by atoms with van der Waals surface area (Å²) in [7, 11) is 0. The van der Waals surface area contributed by atoms with Crippen LogP contribution in [-0.2, 0) is 11.2 Å². The van der Waals surface area contributed by atoms with E-state index in [1.165, 1.54) is 0 Å². The fourth-order valence-corrected chi connectivity index (χ4v) is 2.38. The minimum absolute atomic E-state index is 0.0351. The van der Waals surface area contributed by atoms with Crippen LogP contribution in [0, 0.1) is 17.0 Å². The maximum Gasteiger partial charge on any atom is 0.310 e. The molecule has 0 saturated carbocycles. The van der Waals surface area contributed by atoms with Gasteiger partial charge in [0.25, 0.3) is 0 Å². The van der Waals surface area contributed by atoms with E-state index in [1.54, 1.807) is 13.8 Å². The van der Waals surface area contributed by atoms with Gasteiger partial charge in [0.2, 0.25) is 0 Å². The molecule has 0 radical (unpaired) electrons. The van der Waals surface area contributed by atoms with Crippen LogP contribution in [0.4, 0.5) is 8.78 Å². The molecule has 0 unspecified atom stereocenters. The minimum atomic E-state index is -0.942. The molecule has 2 aromatic rings. The number of carbonyl (C=O) groups is 1. The average molecular weight is 282 g/mol. The lowest BCUT2D eigenvalue weighted by atomic mass is 9.79. The molecule has 2 N–H and O–H groups in total. The summed E-state index contributed by atoms with van der Waals surface area (Å²) in [5.74, 6) is -2.00. The zero-order valence-electron chi connectivity index (χ0n) is 11.3. The van der Waals surface area contributed by atoms with Gasteiger partial charge in [-0.3, -0.25) is 4.79 Å². The zero-order valence-corrected chi connectivity index (χ0v) is 11.3. The van der Waals surface area contributed by atoms with Crippen LogP contribution in [0.15, 0.2) is 12.1 Å². The number of aromatic nitrogens is 2. The van der Waals surface area contributed by atoms with E-state index < -0.39 is 23.0 Å². The summed E-state index contributed by atoms with van der Waals surface area (Å²) in [5.41, 5.74) is -0.667. The third-order valence-electron chi connectivity index (χ3n) is 3.87. The van der Waals surface area contributed by atoms with Crippen molar-refractivity contribution in [2.24, 2.45) is 5.41 Å². The first-order valence-corrected chi connectivity index (χ1v) is 6.49. The molecule has 1 heterocycles. The maximum absolute atomic E-state index is 13.6. The standard InChI is InChI=1S/C14H16F2N2O2/c1-3-14(4-2,13(19)20)7-11-17-10-6-8(15)5-9(16)12(10)18-11/h5-6H,3-4,7H2,1-2H3,(H,17,18)(H,19,20). The first kappa shape index (κ1) is 14.4. The number of hydrogen-bond donors (Lipinski definition) is 2. The predicted octanol–water partition coefficient (Wildman–Crippen LogP) is 3.27. The zero-order chi connectivity index (χ0) is 14.9. The Hall–Kier alpha value is -1.98. The Labute approximate surface area is 114 Å². The van der Waals surface area contributed by atoms with Crippen LogP contribution in [-0.4, -0.2) is 21.0 Å². The van der Waals surface area contributed by atoms with Crippen LogP contribution in [0.3, 0.4) is 0 Å². The van der Waals surface area contributed by atoms with E-state index in [-0.39, 0.29) is 17.5 Å². The molecule has 20 heavy (non-hydrogen) atoms. The highest BCUT2D eigenvalue weighted by molar-refractivity contribution is 5.77. The normalized spacial score (nSPS) is 12.0. The van der Waals surface area contributed by atoms with Gasteiger partial charge in [-0.15, -0.1) is 0 Å². The summed E-state index contributed by atoms with van der Waals surface area (Å²) in [6.07, 6.45) is 1.03. The van der Waals surface area contributed by atoms with Crippen LogP contribution in [0.2, 0.25) is 0 Å². The van der Waals surface area contributed by atoms with Crippen molar-refractivity contribution in [2.45, 2.75) is 33.1 Å². The van der Waals surface area contributed by atoms with Crippen molar-refractivity contribution in [1.29, 1.82) is 0 Å². The molecule has 0 bridgehead atoms. The number of aromatic amines is 1. The molecule has 1 aromatic heterocycles. The summed E-state index contributed by atoms with van der Waals surface area (Å²) in [4.78, 5) is 18.3. The lowest BCUT2D eigenvalue weighted by Crippen LogP contribution is -2.32. The van der Waals surface area contributed by atoms with E-state index in [9.17, 15) is 18.7 Å². The summed E-state index contributed by atoms with van der Waals surface area (Å²) in [6.45, 7) is 3.58. The second-order valence-electron chi connectivity index (χ2n) is 4.94. The largest absolute Gasteiger partial charge is 0.481 e. The molecule has 1 aromatic carbocycles. The Bertz CT molecular complexity index is 648. The highest BCUT2D eigenvalue weighted by Gasteiger charge is 2.36. The lowest BCUT2D eigenvalue weighted by Gasteiger charge is -2.25. The Kier molecular flexibility index (Phi) is 3.74. The molecule has 0 atom stereocenters. The van der Waals surface area contributed by atoms with E-state index in [1.807, 2.05) is 0 Å². The van der Waals surface area contributed by atoms with Gasteiger partial charge in [-0.1, -0.05) is 13.8 Å². The van der Waals surface area contributed by atoms with E-state index >= 15 is 0 Å². The van der Waals surface area contributed by atoms with Gasteiger partial charge in [0.15, 0.2) is 5.82 Å². The van der Waals surface area contributed by atoms with Gasteiger partial charge in [-0.05, 0) is 18.9 Å². The molecule has 0 spiro atoms. The molecular weight excluding hydrogens is 266 g/mol. The highest BCUT2D eigenvalue weighted by atomic mass is 19.1. The Morgan fingerprint density at radius 1 is 1.35 bits per heavy atom. The number of carboxylic acid groups (broad SMARTS) is 1. The van der Waals surface area contributed by atoms with Crippen molar-refractivity contribution < 1.29 is 18.7 Å². The second-order valence-corrected chi connectivity index (χ2v) is 4.94. The summed E-state index contributed by atoms with van der Waals surface area (Å²) >= 11 is 0. The van der Waals surface area contributed by atoms with Gasteiger partial charge in [0.05, 0.1) is 10.9 Å². The first-order chi connectivity index (χ1) is 9.41. The third kappa shape index (κ3) is 2.37. The molecule has 2 rings (SSSR count). The number of fused-ring (bicyclic) bond motifs is 1. The smallest absolute Gasteiger partial charge is 0.310 e. The topological polar surface area (TPSA) is 66.0 Å². The molecule has 0 saturated heterocycles. The third-order valence-corrected chi connectivity index (χ3v) is 3.87. The monoisotopic (exact) mass is 282 g/mol. The van der Waals surface area contributed by atoms with E-state index in [0.29, 0.717) is 18.7 Å². The number of hydrogen-bond acceptors (Lipinski definition) is 2. The number of H-pyrrole nitrogens is 1. The van der Waals surface area contributed by atoms with Crippen molar-refractivity contribution in [3.8, 4) is 0 Å². The second kappa shape index (κ2) is 5.19. The van der Waals surface area contributed by atoms with Crippen molar-refractivity contribution in [2.75, 3.05) is 0 Å². The molecule has 0 aliphatic rings. The number of aliphatic carboxylic acids is 1. The first-order valence-electron chi connectivity index (χ1n) is 6.49. The van der Waals surface area contributed by atoms with Crippen LogP contribution >= 0.6 is 0 Å². The molecule has 0 aliphatic carbocycles. The Morgan fingerprint density at radius 3 is 2.55 bits per heavy atom. The molecule has 0 fully saturated rings. The summed E-state index contributed by atoms with van der Waals surface area (Å²) < 4.78 is 26.7. The highest BCUT2D eigenvalue weighted by Crippen LogP contribution is 2.31. The van der Waals surface area contributed by atoms with Gasteiger partial charge >= 0.3 is 5.97 Å². The number of benzene rings is 1.